The number of anilines is 1. The zero-order valence-electron chi connectivity index (χ0n) is 18.7. The Bertz CT molecular complexity index is 1350. The highest BCUT2D eigenvalue weighted by Gasteiger charge is 2.21. The van der Waals surface area contributed by atoms with E-state index in [-0.39, 0.29) is 11.5 Å². The van der Waals surface area contributed by atoms with E-state index < -0.39 is 5.25 Å². The first-order chi connectivity index (χ1) is 16.0. The van der Waals surface area contributed by atoms with Crippen molar-refractivity contribution in [2.75, 3.05) is 11.9 Å². The first-order valence-electron chi connectivity index (χ1n) is 10.8. The highest BCUT2D eigenvalue weighted by molar-refractivity contribution is 8.00. The topological polar surface area (TPSA) is 73.2 Å². The minimum absolute atomic E-state index is 0.157. The van der Waals surface area contributed by atoms with E-state index in [1.54, 1.807) is 16.7 Å². The monoisotopic (exact) mass is 459 g/mol. The van der Waals surface area contributed by atoms with Gasteiger partial charge in [0.15, 0.2) is 5.16 Å². The van der Waals surface area contributed by atoms with Crippen molar-refractivity contribution < 1.29 is 9.53 Å². The van der Waals surface area contributed by atoms with Gasteiger partial charge in [-0.2, -0.15) is 0 Å². The Hall–Kier alpha value is -3.58. The number of nitrogens with zero attached hydrogens (tertiary/aromatic N) is 2. The van der Waals surface area contributed by atoms with Crippen LogP contribution < -0.4 is 15.6 Å². The highest BCUT2D eigenvalue weighted by atomic mass is 32.2. The maximum atomic E-state index is 13.4. The van der Waals surface area contributed by atoms with Crippen LogP contribution in [0.1, 0.15) is 19.4 Å². The lowest BCUT2D eigenvalue weighted by Crippen LogP contribution is -2.26. The van der Waals surface area contributed by atoms with Crippen LogP contribution >= 0.6 is 11.8 Å². The van der Waals surface area contributed by atoms with Crippen molar-refractivity contribution in [1.29, 1.82) is 0 Å². The molecule has 0 saturated carbocycles. The molecule has 0 aliphatic rings. The predicted octanol–water partition coefficient (Wildman–Crippen LogP) is 5.21. The Morgan fingerprint density at radius 2 is 1.76 bits per heavy atom. The zero-order chi connectivity index (χ0) is 23.4. The molecule has 7 heteroatoms. The summed E-state index contributed by atoms with van der Waals surface area (Å²) in [6.45, 7) is 6.24. The van der Waals surface area contributed by atoms with Crippen LogP contribution in [0.4, 0.5) is 5.69 Å². The number of carbonyl (C=O) groups is 1. The van der Waals surface area contributed by atoms with Gasteiger partial charge < -0.3 is 10.1 Å². The first-order valence-corrected chi connectivity index (χ1v) is 11.6. The van der Waals surface area contributed by atoms with Gasteiger partial charge in [-0.3, -0.25) is 14.2 Å². The number of rotatable bonds is 7. The van der Waals surface area contributed by atoms with Crippen LogP contribution in [-0.4, -0.2) is 27.3 Å². The lowest BCUT2D eigenvalue weighted by atomic mass is 10.2. The summed E-state index contributed by atoms with van der Waals surface area (Å²) >= 11 is 1.25. The Balaban J connectivity index is 1.71. The lowest BCUT2D eigenvalue weighted by molar-refractivity contribution is -0.115. The molecule has 0 saturated heterocycles. The molecule has 33 heavy (non-hydrogen) atoms. The van der Waals surface area contributed by atoms with Crippen LogP contribution in [0.25, 0.3) is 16.6 Å². The largest absolute Gasteiger partial charge is 0.494 e. The molecule has 3 aromatic carbocycles. The molecule has 4 aromatic rings. The van der Waals surface area contributed by atoms with E-state index >= 15 is 0 Å². The number of thioether (sulfide) groups is 1. The summed E-state index contributed by atoms with van der Waals surface area (Å²) in [6, 6.07) is 22.2. The quantitative estimate of drug-likeness (QED) is 0.303. The SMILES string of the molecule is CCOc1ccc(-n2c(S[C@H](C)C(=O)Nc3ccccc3C)nc3ccccc3c2=O)cc1. The second kappa shape index (κ2) is 9.92. The van der Waals surface area contributed by atoms with Gasteiger partial charge in [0, 0.05) is 5.69 Å². The molecule has 1 amide bonds. The van der Waals surface area contributed by atoms with Gasteiger partial charge in [0.2, 0.25) is 5.91 Å². The molecule has 0 spiro atoms. The van der Waals surface area contributed by atoms with E-state index in [0.29, 0.717) is 28.4 Å². The molecule has 1 heterocycles. The van der Waals surface area contributed by atoms with Crippen molar-refractivity contribution in [3.05, 3.63) is 88.7 Å². The third-order valence-electron chi connectivity index (χ3n) is 5.21. The second-order valence-electron chi connectivity index (χ2n) is 7.54. The number of fused-ring (bicyclic) bond motifs is 1. The van der Waals surface area contributed by atoms with Crippen LogP contribution in [0.15, 0.2) is 82.7 Å². The van der Waals surface area contributed by atoms with Gasteiger partial charge in [-0.15, -0.1) is 0 Å². The molecule has 0 radical (unpaired) electrons. The van der Waals surface area contributed by atoms with E-state index in [4.69, 9.17) is 9.72 Å². The summed E-state index contributed by atoms with van der Waals surface area (Å²) in [7, 11) is 0. The van der Waals surface area contributed by atoms with Crippen LogP contribution in [0.3, 0.4) is 0 Å². The average molecular weight is 460 g/mol. The van der Waals surface area contributed by atoms with Crippen LogP contribution in [0, 0.1) is 6.92 Å². The maximum Gasteiger partial charge on any atom is 0.266 e. The lowest BCUT2D eigenvalue weighted by Gasteiger charge is -2.17. The summed E-state index contributed by atoms with van der Waals surface area (Å²) in [4.78, 5) is 31.1. The standard InChI is InChI=1S/C26H25N3O3S/c1-4-32-20-15-13-19(14-16-20)29-25(31)21-10-6-8-12-23(21)28-26(29)33-18(3)24(30)27-22-11-7-5-9-17(22)2/h5-16,18H,4H2,1-3H3,(H,27,30)/t18-/m1/s1. The number of aryl methyl sites for hydroxylation is 1. The van der Waals surface area contributed by atoms with Gasteiger partial charge in [0.25, 0.3) is 5.56 Å². The number of nitrogens with one attached hydrogen (secondary N) is 1. The first kappa shape index (κ1) is 22.6. The third kappa shape index (κ3) is 4.93. The van der Waals surface area contributed by atoms with Crippen molar-refractivity contribution >= 4 is 34.3 Å². The molecule has 0 aliphatic heterocycles. The van der Waals surface area contributed by atoms with Gasteiger partial charge in [-0.1, -0.05) is 42.1 Å². The van der Waals surface area contributed by atoms with Crippen LogP contribution in [-0.2, 0) is 4.79 Å². The number of hydrogen-bond acceptors (Lipinski definition) is 5. The Labute approximate surface area is 196 Å². The van der Waals surface area contributed by atoms with E-state index in [0.717, 1.165) is 17.0 Å². The average Bonchev–Trinajstić information content (AvgIpc) is 2.82. The summed E-state index contributed by atoms with van der Waals surface area (Å²) in [6.07, 6.45) is 0. The summed E-state index contributed by atoms with van der Waals surface area (Å²) in [5.41, 5.74) is 2.83. The van der Waals surface area contributed by atoms with E-state index in [9.17, 15) is 9.59 Å². The number of amides is 1. The van der Waals surface area contributed by atoms with Gasteiger partial charge in [-0.05, 0) is 68.8 Å². The van der Waals surface area contributed by atoms with Gasteiger partial charge >= 0.3 is 0 Å². The Morgan fingerprint density at radius 1 is 1.06 bits per heavy atom. The van der Waals surface area contributed by atoms with Gasteiger partial charge in [0.05, 0.1) is 28.4 Å². The van der Waals surface area contributed by atoms with Crippen molar-refractivity contribution in [2.45, 2.75) is 31.2 Å². The molecular weight excluding hydrogens is 434 g/mol. The molecule has 1 atom stereocenters. The Morgan fingerprint density at radius 3 is 2.48 bits per heavy atom. The van der Waals surface area contributed by atoms with Crippen molar-refractivity contribution in [2.24, 2.45) is 0 Å². The molecule has 0 fully saturated rings. The van der Waals surface area contributed by atoms with Crippen molar-refractivity contribution in [3.63, 3.8) is 0 Å². The number of benzene rings is 3. The fourth-order valence-corrected chi connectivity index (χ4v) is 4.36. The molecule has 1 N–H and O–H groups in total. The second-order valence-corrected chi connectivity index (χ2v) is 8.85. The zero-order valence-corrected chi connectivity index (χ0v) is 19.6. The number of carbonyl (C=O) groups excluding carboxylic acids is 1. The molecular formula is C26H25N3O3S. The number of ether oxygens (including phenoxy) is 1. The molecule has 4 rings (SSSR count). The van der Waals surface area contributed by atoms with E-state index in [2.05, 4.69) is 5.32 Å². The van der Waals surface area contributed by atoms with Gasteiger partial charge in [0.1, 0.15) is 5.75 Å². The molecule has 0 aliphatic carbocycles. The van der Waals surface area contributed by atoms with E-state index in [1.165, 1.54) is 11.8 Å². The normalized spacial score (nSPS) is 11.8. The fraction of sp³-hybridized carbons (Fsp3) is 0.192. The summed E-state index contributed by atoms with van der Waals surface area (Å²) in [5, 5.41) is 3.47. The number of hydrogen-bond donors (Lipinski definition) is 1. The Kier molecular flexibility index (Phi) is 6.79. The predicted molar refractivity (Wildman–Crippen MR) is 134 cm³/mol. The number of aromatic nitrogens is 2. The molecule has 0 unspecified atom stereocenters. The molecule has 168 valence electrons. The maximum absolute atomic E-state index is 13.4. The van der Waals surface area contributed by atoms with Crippen LogP contribution in [0.5, 0.6) is 5.75 Å². The van der Waals surface area contributed by atoms with Crippen LogP contribution in [0.2, 0.25) is 0 Å². The van der Waals surface area contributed by atoms with Gasteiger partial charge in [-0.25, -0.2) is 4.98 Å². The minimum atomic E-state index is -0.480. The minimum Gasteiger partial charge on any atom is -0.494 e. The molecule has 1 aromatic heterocycles. The summed E-state index contributed by atoms with van der Waals surface area (Å²) < 4.78 is 7.08. The third-order valence-corrected chi connectivity index (χ3v) is 6.26. The van der Waals surface area contributed by atoms with E-state index in [1.807, 2.05) is 81.4 Å². The number of para-hydroxylation sites is 2. The highest BCUT2D eigenvalue weighted by Crippen LogP contribution is 2.27. The van der Waals surface area contributed by atoms with Crippen molar-refractivity contribution in [1.82, 2.24) is 9.55 Å². The molecule has 0 bridgehead atoms. The smallest absolute Gasteiger partial charge is 0.266 e. The molecule has 6 nitrogen and oxygen atoms in total. The van der Waals surface area contributed by atoms with Crippen molar-refractivity contribution in [3.8, 4) is 11.4 Å². The summed E-state index contributed by atoms with van der Waals surface area (Å²) in [5.74, 6) is 0.568. The fourth-order valence-electron chi connectivity index (χ4n) is 3.44.